The molecule has 2 aromatic carbocycles. The Hall–Kier alpha value is -2.68. The Labute approximate surface area is 130 Å². The highest BCUT2D eigenvalue weighted by Crippen LogP contribution is 2.31. The standard InChI is InChI=1S/C19H17N3/c1-3-7-14(8-4-1)18-19(15-9-5-2-6-10-15)22-17(13-20-18)21-16-11-12-16/h1-10,13,16H,11-12H2,(H,21,22). The van der Waals surface area contributed by atoms with Crippen LogP contribution in [0.25, 0.3) is 22.5 Å². The highest BCUT2D eigenvalue weighted by molar-refractivity contribution is 5.78. The molecule has 3 heteroatoms. The lowest BCUT2D eigenvalue weighted by Gasteiger charge is -2.11. The van der Waals surface area contributed by atoms with Gasteiger partial charge in [-0.25, -0.2) is 4.98 Å². The van der Waals surface area contributed by atoms with Crippen LogP contribution in [0.2, 0.25) is 0 Å². The molecule has 1 aliphatic rings. The monoisotopic (exact) mass is 287 g/mol. The van der Waals surface area contributed by atoms with Gasteiger partial charge in [0, 0.05) is 17.2 Å². The number of rotatable bonds is 4. The van der Waals surface area contributed by atoms with Crippen LogP contribution in [0, 0.1) is 0 Å². The normalized spacial score (nSPS) is 13.8. The first-order chi connectivity index (χ1) is 10.9. The third-order valence-corrected chi connectivity index (χ3v) is 3.80. The number of benzene rings is 2. The van der Waals surface area contributed by atoms with Gasteiger partial charge < -0.3 is 5.32 Å². The molecule has 0 amide bonds. The van der Waals surface area contributed by atoms with Gasteiger partial charge in [0.15, 0.2) is 0 Å². The van der Waals surface area contributed by atoms with E-state index in [-0.39, 0.29) is 0 Å². The number of aromatic nitrogens is 2. The summed E-state index contributed by atoms with van der Waals surface area (Å²) in [7, 11) is 0. The Kier molecular flexibility index (Phi) is 3.31. The van der Waals surface area contributed by atoms with Crippen LogP contribution in [-0.2, 0) is 0 Å². The van der Waals surface area contributed by atoms with Crippen molar-refractivity contribution in [1.29, 1.82) is 0 Å². The average molecular weight is 287 g/mol. The SMILES string of the molecule is c1ccc(-c2ncc(NC3CC3)nc2-c2ccccc2)cc1. The summed E-state index contributed by atoms with van der Waals surface area (Å²) >= 11 is 0. The maximum absolute atomic E-state index is 4.83. The number of nitrogens with one attached hydrogen (secondary N) is 1. The van der Waals surface area contributed by atoms with E-state index in [1.165, 1.54) is 12.8 Å². The largest absolute Gasteiger partial charge is 0.366 e. The second-order valence-electron chi connectivity index (χ2n) is 5.60. The van der Waals surface area contributed by atoms with Gasteiger partial charge >= 0.3 is 0 Å². The molecule has 22 heavy (non-hydrogen) atoms. The van der Waals surface area contributed by atoms with Crippen molar-refractivity contribution in [2.75, 3.05) is 5.32 Å². The van der Waals surface area contributed by atoms with Crippen molar-refractivity contribution in [3.63, 3.8) is 0 Å². The molecule has 0 radical (unpaired) electrons. The molecule has 4 rings (SSSR count). The van der Waals surface area contributed by atoms with Crippen LogP contribution in [0.15, 0.2) is 66.9 Å². The number of hydrogen-bond donors (Lipinski definition) is 1. The van der Waals surface area contributed by atoms with Crippen LogP contribution in [-0.4, -0.2) is 16.0 Å². The number of anilines is 1. The van der Waals surface area contributed by atoms with Gasteiger partial charge in [-0.05, 0) is 12.8 Å². The maximum Gasteiger partial charge on any atom is 0.145 e. The molecule has 0 spiro atoms. The predicted octanol–water partition coefficient (Wildman–Crippen LogP) is 4.38. The molecule has 0 saturated heterocycles. The van der Waals surface area contributed by atoms with E-state index in [4.69, 9.17) is 4.98 Å². The van der Waals surface area contributed by atoms with E-state index in [2.05, 4.69) is 34.6 Å². The van der Waals surface area contributed by atoms with E-state index in [1.54, 1.807) is 0 Å². The molecule has 1 aromatic heterocycles. The fraction of sp³-hybridized carbons (Fsp3) is 0.158. The van der Waals surface area contributed by atoms with E-state index in [9.17, 15) is 0 Å². The molecule has 0 atom stereocenters. The first-order valence-corrected chi connectivity index (χ1v) is 7.64. The van der Waals surface area contributed by atoms with Crippen LogP contribution in [0.4, 0.5) is 5.82 Å². The lowest BCUT2D eigenvalue weighted by molar-refractivity contribution is 1.09. The van der Waals surface area contributed by atoms with E-state index in [1.807, 2.05) is 42.6 Å². The van der Waals surface area contributed by atoms with Crippen molar-refractivity contribution >= 4 is 5.82 Å². The van der Waals surface area contributed by atoms with E-state index < -0.39 is 0 Å². The Morgan fingerprint density at radius 2 is 1.36 bits per heavy atom. The summed E-state index contributed by atoms with van der Waals surface area (Å²) in [6, 6.07) is 21.0. The first-order valence-electron chi connectivity index (χ1n) is 7.64. The van der Waals surface area contributed by atoms with Crippen molar-refractivity contribution in [2.45, 2.75) is 18.9 Å². The Balaban J connectivity index is 1.83. The molecule has 1 N–H and O–H groups in total. The lowest BCUT2D eigenvalue weighted by Crippen LogP contribution is -2.05. The second kappa shape index (κ2) is 5.60. The van der Waals surface area contributed by atoms with E-state index in [0.717, 1.165) is 28.3 Å². The topological polar surface area (TPSA) is 37.8 Å². The molecule has 3 nitrogen and oxygen atoms in total. The number of nitrogens with zero attached hydrogens (tertiary/aromatic N) is 2. The molecule has 0 bridgehead atoms. The zero-order valence-electron chi connectivity index (χ0n) is 12.2. The minimum absolute atomic E-state index is 0.570. The van der Waals surface area contributed by atoms with Gasteiger partial charge in [-0.2, -0.15) is 0 Å². The molecule has 1 saturated carbocycles. The minimum atomic E-state index is 0.570. The van der Waals surface area contributed by atoms with Crippen LogP contribution in [0.1, 0.15) is 12.8 Å². The van der Waals surface area contributed by atoms with Gasteiger partial charge in [0.25, 0.3) is 0 Å². The molecule has 3 aromatic rings. The van der Waals surface area contributed by atoms with Crippen molar-refractivity contribution in [3.8, 4) is 22.5 Å². The maximum atomic E-state index is 4.83. The summed E-state index contributed by atoms with van der Waals surface area (Å²) in [5.41, 5.74) is 4.03. The second-order valence-corrected chi connectivity index (χ2v) is 5.60. The molecule has 0 unspecified atom stereocenters. The van der Waals surface area contributed by atoms with Crippen molar-refractivity contribution in [3.05, 3.63) is 66.9 Å². The number of hydrogen-bond acceptors (Lipinski definition) is 3. The van der Waals surface area contributed by atoms with E-state index in [0.29, 0.717) is 6.04 Å². The first kappa shape index (κ1) is 13.0. The van der Waals surface area contributed by atoms with Crippen LogP contribution >= 0.6 is 0 Å². The zero-order valence-corrected chi connectivity index (χ0v) is 12.2. The Morgan fingerprint density at radius 1 is 0.773 bits per heavy atom. The van der Waals surface area contributed by atoms with Crippen molar-refractivity contribution in [2.24, 2.45) is 0 Å². The third-order valence-electron chi connectivity index (χ3n) is 3.80. The van der Waals surface area contributed by atoms with Gasteiger partial charge in [-0.15, -0.1) is 0 Å². The van der Waals surface area contributed by atoms with Gasteiger partial charge in [0.05, 0.1) is 17.6 Å². The minimum Gasteiger partial charge on any atom is -0.366 e. The van der Waals surface area contributed by atoms with Gasteiger partial charge in [0.1, 0.15) is 5.82 Å². The summed E-state index contributed by atoms with van der Waals surface area (Å²) < 4.78 is 0. The molecule has 1 fully saturated rings. The molecular formula is C19H17N3. The highest BCUT2D eigenvalue weighted by atomic mass is 15.1. The molecule has 0 aliphatic heterocycles. The predicted molar refractivity (Wildman–Crippen MR) is 89.5 cm³/mol. The quantitative estimate of drug-likeness (QED) is 0.773. The Bertz CT molecular complexity index is 765. The fourth-order valence-electron chi connectivity index (χ4n) is 2.50. The molecule has 1 heterocycles. The molecular weight excluding hydrogens is 270 g/mol. The average Bonchev–Trinajstić information content (AvgIpc) is 3.40. The van der Waals surface area contributed by atoms with Gasteiger partial charge in [-0.1, -0.05) is 60.7 Å². The smallest absolute Gasteiger partial charge is 0.145 e. The summed E-state index contributed by atoms with van der Waals surface area (Å²) in [4.78, 5) is 9.51. The van der Waals surface area contributed by atoms with Crippen LogP contribution in [0.3, 0.4) is 0 Å². The zero-order chi connectivity index (χ0) is 14.8. The van der Waals surface area contributed by atoms with Crippen molar-refractivity contribution < 1.29 is 0 Å². The van der Waals surface area contributed by atoms with E-state index >= 15 is 0 Å². The summed E-state index contributed by atoms with van der Waals surface area (Å²) in [6.07, 6.45) is 4.29. The molecule has 108 valence electrons. The third kappa shape index (κ3) is 2.70. The van der Waals surface area contributed by atoms with Crippen LogP contribution < -0.4 is 5.32 Å². The lowest BCUT2D eigenvalue weighted by atomic mass is 10.0. The van der Waals surface area contributed by atoms with Gasteiger partial charge in [0.2, 0.25) is 0 Å². The molecule has 1 aliphatic carbocycles. The van der Waals surface area contributed by atoms with Gasteiger partial charge in [-0.3, -0.25) is 4.98 Å². The Morgan fingerprint density at radius 3 is 1.95 bits per heavy atom. The summed E-state index contributed by atoms with van der Waals surface area (Å²) in [6.45, 7) is 0. The highest BCUT2D eigenvalue weighted by Gasteiger charge is 2.22. The summed E-state index contributed by atoms with van der Waals surface area (Å²) in [5.74, 6) is 0.862. The van der Waals surface area contributed by atoms with Crippen LogP contribution in [0.5, 0.6) is 0 Å². The summed E-state index contributed by atoms with van der Waals surface area (Å²) in [5, 5.41) is 3.43. The van der Waals surface area contributed by atoms with Crippen molar-refractivity contribution in [1.82, 2.24) is 9.97 Å². The fourth-order valence-corrected chi connectivity index (χ4v) is 2.50.